The first-order chi connectivity index (χ1) is 8.61. The van der Waals surface area contributed by atoms with Crippen molar-refractivity contribution in [1.29, 1.82) is 0 Å². The highest BCUT2D eigenvalue weighted by Gasteiger charge is 2.14. The second-order valence-electron chi connectivity index (χ2n) is 3.80. The van der Waals surface area contributed by atoms with Crippen LogP contribution in [0.25, 0.3) is 0 Å². The van der Waals surface area contributed by atoms with E-state index in [9.17, 15) is 0 Å². The number of ether oxygens (including phenoxy) is 1. The molecule has 0 aliphatic rings. The van der Waals surface area contributed by atoms with Crippen LogP contribution in [0.3, 0.4) is 0 Å². The topological polar surface area (TPSA) is 9.23 Å². The van der Waals surface area contributed by atoms with Gasteiger partial charge < -0.3 is 4.74 Å². The SMILES string of the molecule is COc1ccc(C(Br)c2ccc(I)cc2)c(Cl)c1. The van der Waals surface area contributed by atoms with Crippen molar-refractivity contribution in [2.45, 2.75) is 4.83 Å². The maximum absolute atomic E-state index is 6.27. The molecule has 2 rings (SSSR count). The van der Waals surface area contributed by atoms with E-state index >= 15 is 0 Å². The third kappa shape index (κ3) is 3.19. The van der Waals surface area contributed by atoms with Gasteiger partial charge in [0.05, 0.1) is 11.9 Å². The molecule has 0 saturated carbocycles. The third-order valence-electron chi connectivity index (χ3n) is 2.64. The summed E-state index contributed by atoms with van der Waals surface area (Å²) in [6, 6.07) is 14.1. The molecule has 0 bridgehead atoms. The molecule has 0 heterocycles. The van der Waals surface area contributed by atoms with Gasteiger partial charge in [0.2, 0.25) is 0 Å². The first-order valence-electron chi connectivity index (χ1n) is 5.35. The zero-order valence-electron chi connectivity index (χ0n) is 9.66. The van der Waals surface area contributed by atoms with Crippen LogP contribution < -0.4 is 4.74 Å². The van der Waals surface area contributed by atoms with Crippen molar-refractivity contribution < 1.29 is 4.74 Å². The maximum atomic E-state index is 6.27. The van der Waals surface area contributed by atoms with E-state index in [-0.39, 0.29) is 4.83 Å². The van der Waals surface area contributed by atoms with Crippen molar-refractivity contribution in [2.75, 3.05) is 7.11 Å². The minimum Gasteiger partial charge on any atom is -0.497 e. The number of hydrogen-bond donors (Lipinski definition) is 0. The fraction of sp³-hybridized carbons (Fsp3) is 0.143. The van der Waals surface area contributed by atoms with Crippen LogP contribution in [0.2, 0.25) is 5.02 Å². The van der Waals surface area contributed by atoms with Gasteiger partial charge >= 0.3 is 0 Å². The zero-order chi connectivity index (χ0) is 13.1. The minimum absolute atomic E-state index is 0.0907. The lowest BCUT2D eigenvalue weighted by Gasteiger charge is -2.13. The van der Waals surface area contributed by atoms with Crippen molar-refractivity contribution in [3.63, 3.8) is 0 Å². The molecule has 0 aliphatic carbocycles. The van der Waals surface area contributed by atoms with Crippen LogP contribution in [0.4, 0.5) is 0 Å². The van der Waals surface area contributed by atoms with Crippen LogP contribution in [0, 0.1) is 3.57 Å². The molecule has 94 valence electrons. The number of alkyl halides is 1. The summed E-state index contributed by atoms with van der Waals surface area (Å²) in [6.45, 7) is 0. The standard InChI is InChI=1S/C14H11BrClIO/c1-18-11-6-7-12(13(16)8-11)14(15)9-2-4-10(17)5-3-9/h2-8,14H,1H3. The van der Waals surface area contributed by atoms with Crippen LogP contribution in [0.5, 0.6) is 5.75 Å². The Bertz CT molecular complexity index is 542. The van der Waals surface area contributed by atoms with Crippen molar-refractivity contribution in [2.24, 2.45) is 0 Å². The molecule has 1 unspecified atom stereocenters. The molecule has 1 nitrogen and oxygen atoms in total. The molecule has 2 aromatic rings. The average Bonchev–Trinajstić information content (AvgIpc) is 2.38. The van der Waals surface area contributed by atoms with E-state index in [0.29, 0.717) is 5.02 Å². The first kappa shape index (κ1) is 14.2. The van der Waals surface area contributed by atoms with Crippen LogP contribution in [-0.2, 0) is 0 Å². The van der Waals surface area contributed by atoms with E-state index in [1.807, 2.05) is 18.2 Å². The Balaban J connectivity index is 2.33. The van der Waals surface area contributed by atoms with Crippen LogP contribution in [-0.4, -0.2) is 7.11 Å². The van der Waals surface area contributed by atoms with E-state index in [4.69, 9.17) is 16.3 Å². The number of benzene rings is 2. The highest BCUT2D eigenvalue weighted by atomic mass is 127. The Morgan fingerprint density at radius 2 is 1.83 bits per heavy atom. The van der Waals surface area contributed by atoms with Gasteiger partial charge in [-0.1, -0.05) is 45.7 Å². The predicted octanol–water partition coefficient (Wildman–Crippen LogP) is 5.44. The smallest absolute Gasteiger partial charge is 0.120 e. The first-order valence-corrected chi connectivity index (χ1v) is 7.72. The van der Waals surface area contributed by atoms with Gasteiger partial charge in [0.15, 0.2) is 0 Å². The lowest BCUT2D eigenvalue weighted by molar-refractivity contribution is 0.414. The third-order valence-corrected chi connectivity index (χ3v) is 4.71. The van der Waals surface area contributed by atoms with Crippen LogP contribution in [0.1, 0.15) is 16.0 Å². The summed E-state index contributed by atoms with van der Waals surface area (Å²) >= 11 is 12.3. The Labute approximate surface area is 134 Å². The Kier molecular flexibility index (Phi) is 4.92. The molecule has 1 atom stereocenters. The van der Waals surface area contributed by atoms with E-state index in [1.54, 1.807) is 7.11 Å². The Morgan fingerprint density at radius 1 is 1.17 bits per heavy atom. The van der Waals surface area contributed by atoms with Gasteiger partial charge in [-0.25, -0.2) is 0 Å². The Morgan fingerprint density at radius 3 is 2.39 bits per heavy atom. The van der Waals surface area contributed by atoms with Crippen molar-refractivity contribution in [1.82, 2.24) is 0 Å². The van der Waals surface area contributed by atoms with Crippen LogP contribution >= 0.6 is 50.1 Å². The summed E-state index contributed by atoms with van der Waals surface area (Å²) in [4.78, 5) is 0.0907. The lowest BCUT2D eigenvalue weighted by Crippen LogP contribution is -1.94. The van der Waals surface area contributed by atoms with Gasteiger partial charge in [0, 0.05) is 8.59 Å². The summed E-state index contributed by atoms with van der Waals surface area (Å²) in [5, 5.41) is 0.703. The number of halogens is 3. The number of rotatable bonds is 3. The number of methoxy groups -OCH3 is 1. The normalized spacial score (nSPS) is 12.2. The monoisotopic (exact) mass is 436 g/mol. The fourth-order valence-corrected chi connectivity index (χ4v) is 3.13. The molecule has 0 amide bonds. The van der Waals surface area contributed by atoms with Crippen molar-refractivity contribution in [3.05, 3.63) is 62.2 Å². The zero-order valence-corrected chi connectivity index (χ0v) is 14.2. The highest BCUT2D eigenvalue weighted by Crippen LogP contribution is 2.36. The molecule has 0 radical (unpaired) electrons. The van der Waals surface area contributed by atoms with E-state index in [1.165, 1.54) is 9.13 Å². The second kappa shape index (κ2) is 6.26. The molecule has 0 N–H and O–H groups in total. The molecule has 18 heavy (non-hydrogen) atoms. The summed E-state index contributed by atoms with van der Waals surface area (Å²) in [5.41, 5.74) is 2.22. The predicted molar refractivity (Wildman–Crippen MR) is 87.9 cm³/mol. The van der Waals surface area contributed by atoms with Crippen molar-refractivity contribution in [3.8, 4) is 5.75 Å². The summed E-state index contributed by atoms with van der Waals surface area (Å²) in [6.07, 6.45) is 0. The average molecular weight is 438 g/mol. The molecule has 0 spiro atoms. The van der Waals surface area contributed by atoms with E-state index in [0.717, 1.165) is 11.3 Å². The van der Waals surface area contributed by atoms with Crippen molar-refractivity contribution >= 4 is 50.1 Å². The highest BCUT2D eigenvalue weighted by molar-refractivity contribution is 14.1. The minimum atomic E-state index is 0.0907. The fourth-order valence-electron chi connectivity index (χ4n) is 1.65. The number of hydrogen-bond acceptors (Lipinski definition) is 1. The quantitative estimate of drug-likeness (QED) is 0.459. The van der Waals surface area contributed by atoms with Gasteiger partial charge in [0.1, 0.15) is 5.75 Å². The summed E-state index contributed by atoms with van der Waals surface area (Å²) in [5.74, 6) is 0.770. The van der Waals surface area contributed by atoms with Gasteiger partial charge in [-0.2, -0.15) is 0 Å². The molecule has 0 saturated heterocycles. The van der Waals surface area contributed by atoms with Gasteiger partial charge in [-0.05, 0) is 58.0 Å². The lowest BCUT2D eigenvalue weighted by atomic mass is 10.0. The second-order valence-corrected chi connectivity index (χ2v) is 6.37. The van der Waals surface area contributed by atoms with E-state index < -0.39 is 0 Å². The molecular weight excluding hydrogens is 426 g/mol. The molecule has 2 aromatic carbocycles. The van der Waals surface area contributed by atoms with Gasteiger partial charge in [0.25, 0.3) is 0 Å². The molecule has 4 heteroatoms. The van der Waals surface area contributed by atoms with E-state index in [2.05, 4.69) is 62.8 Å². The van der Waals surface area contributed by atoms with Gasteiger partial charge in [-0.15, -0.1) is 0 Å². The summed E-state index contributed by atoms with van der Waals surface area (Å²) < 4.78 is 6.37. The maximum Gasteiger partial charge on any atom is 0.120 e. The molecule has 0 fully saturated rings. The molecule has 0 aromatic heterocycles. The van der Waals surface area contributed by atoms with Crippen LogP contribution in [0.15, 0.2) is 42.5 Å². The Hall–Kier alpha value is -0.260. The summed E-state index contributed by atoms with van der Waals surface area (Å²) in [7, 11) is 1.64. The molecule has 0 aliphatic heterocycles. The van der Waals surface area contributed by atoms with Gasteiger partial charge in [-0.3, -0.25) is 0 Å². The molecular formula is C14H11BrClIO. The largest absolute Gasteiger partial charge is 0.497 e.